The first kappa shape index (κ1) is 20.2. The zero-order valence-corrected chi connectivity index (χ0v) is 16.1. The molecular formula is C18H15FN4O6S. The molecule has 3 aromatic rings. The average molecular weight is 434 g/mol. The van der Waals surface area contributed by atoms with Crippen molar-refractivity contribution >= 4 is 21.1 Å². The van der Waals surface area contributed by atoms with Gasteiger partial charge in [-0.15, -0.1) is 0 Å². The van der Waals surface area contributed by atoms with Crippen molar-refractivity contribution in [1.82, 2.24) is 14.6 Å². The van der Waals surface area contributed by atoms with Gasteiger partial charge in [0.1, 0.15) is 40.4 Å². The van der Waals surface area contributed by atoms with E-state index in [4.69, 9.17) is 10.00 Å². The maximum absolute atomic E-state index is 13.8. The van der Waals surface area contributed by atoms with Gasteiger partial charge in [0.2, 0.25) is 10.0 Å². The lowest BCUT2D eigenvalue weighted by Crippen LogP contribution is -2.48. The zero-order valence-electron chi connectivity index (χ0n) is 15.3. The highest BCUT2D eigenvalue weighted by Gasteiger charge is 2.50. The molecule has 0 spiro atoms. The fourth-order valence-electron chi connectivity index (χ4n) is 3.20. The highest BCUT2D eigenvalue weighted by molar-refractivity contribution is 7.89. The van der Waals surface area contributed by atoms with Gasteiger partial charge in [-0.3, -0.25) is 0 Å². The number of aliphatic hydroxyl groups is 2. The standard InChI is InChI=1S/C18H15FN4O6S/c19-14-5-12(2-1-11(14)7-20)28-17-8-23(9-18(17,25)10-24)30(26,27)13-3-4-15-16(6-13)22-29-21-15/h1-6,17,24-25H,8-10H2/t17-,18+/m0/s1. The summed E-state index contributed by atoms with van der Waals surface area (Å²) in [7, 11) is -4.08. The molecule has 2 aromatic carbocycles. The number of ether oxygens (including phenoxy) is 1. The van der Waals surface area contributed by atoms with Gasteiger partial charge < -0.3 is 14.9 Å². The molecule has 1 aliphatic rings. The Morgan fingerprint density at radius 1 is 1.30 bits per heavy atom. The molecule has 4 rings (SSSR count). The van der Waals surface area contributed by atoms with E-state index in [0.717, 1.165) is 10.4 Å². The van der Waals surface area contributed by atoms with Gasteiger partial charge in [-0.1, -0.05) is 0 Å². The van der Waals surface area contributed by atoms with Crippen LogP contribution in [0, 0.1) is 17.1 Å². The molecule has 1 saturated heterocycles. The summed E-state index contributed by atoms with van der Waals surface area (Å²) >= 11 is 0. The van der Waals surface area contributed by atoms with Gasteiger partial charge >= 0.3 is 0 Å². The molecule has 0 bridgehead atoms. The minimum atomic E-state index is -4.08. The predicted octanol–water partition coefficient (Wildman–Crippen LogP) is 0.409. The van der Waals surface area contributed by atoms with E-state index in [2.05, 4.69) is 14.9 Å². The van der Waals surface area contributed by atoms with E-state index in [1.807, 2.05) is 0 Å². The SMILES string of the molecule is N#Cc1ccc(O[C@H]2CN(S(=O)(=O)c3ccc4nonc4c3)C[C@@]2(O)CO)cc1F. The summed E-state index contributed by atoms with van der Waals surface area (Å²) in [6.45, 7) is -1.52. The van der Waals surface area contributed by atoms with Crippen molar-refractivity contribution in [3.8, 4) is 11.8 Å². The summed E-state index contributed by atoms with van der Waals surface area (Å²) in [5, 5.41) is 36.5. The van der Waals surface area contributed by atoms with Crippen LogP contribution in [0.25, 0.3) is 11.0 Å². The van der Waals surface area contributed by atoms with Crippen LogP contribution in [0.4, 0.5) is 4.39 Å². The van der Waals surface area contributed by atoms with Crippen LogP contribution in [0.15, 0.2) is 45.9 Å². The number of aliphatic hydroxyl groups excluding tert-OH is 1. The van der Waals surface area contributed by atoms with E-state index in [1.54, 1.807) is 6.07 Å². The second-order valence-corrected chi connectivity index (χ2v) is 8.77. The first-order valence-electron chi connectivity index (χ1n) is 8.69. The Morgan fingerprint density at radius 2 is 2.07 bits per heavy atom. The number of sulfonamides is 1. The van der Waals surface area contributed by atoms with Crippen molar-refractivity contribution in [3.63, 3.8) is 0 Å². The van der Waals surface area contributed by atoms with Crippen LogP contribution in [0.1, 0.15) is 5.56 Å². The van der Waals surface area contributed by atoms with Crippen molar-refractivity contribution in [1.29, 1.82) is 5.26 Å². The Balaban J connectivity index is 1.61. The Kier molecular flexibility index (Phi) is 4.91. The van der Waals surface area contributed by atoms with Crippen molar-refractivity contribution in [2.24, 2.45) is 0 Å². The molecule has 2 N–H and O–H groups in total. The third-order valence-electron chi connectivity index (χ3n) is 4.90. The fraction of sp³-hybridized carbons (Fsp3) is 0.278. The molecule has 0 saturated carbocycles. The molecule has 156 valence electrons. The normalized spacial score (nSPS) is 22.3. The molecular weight excluding hydrogens is 419 g/mol. The van der Waals surface area contributed by atoms with E-state index >= 15 is 0 Å². The number of nitriles is 1. The van der Waals surface area contributed by atoms with Crippen molar-refractivity contribution in [3.05, 3.63) is 47.8 Å². The topological polar surface area (TPSA) is 150 Å². The lowest BCUT2D eigenvalue weighted by atomic mass is 10.0. The number of halogens is 1. The number of nitrogens with zero attached hydrogens (tertiary/aromatic N) is 4. The lowest BCUT2D eigenvalue weighted by Gasteiger charge is -2.27. The Hall–Kier alpha value is -3.11. The Morgan fingerprint density at radius 3 is 2.77 bits per heavy atom. The van der Waals surface area contributed by atoms with Crippen LogP contribution < -0.4 is 4.74 Å². The van der Waals surface area contributed by atoms with Crippen LogP contribution >= 0.6 is 0 Å². The van der Waals surface area contributed by atoms with Gasteiger partial charge in [0.25, 0.3) is 0 Å². The Bertz CT molecular complexity index is 1260. The Labute approximate surface area is 169 Å². The molecule has 0 radical (unpaired) electrons. The van der Waals surface area contributed by atoms with E-state index < -0.39 is 40.7 Å². The van der Waals surface area contributed by atoms with Crippen LogP contribution in [-0.4, -0.2) is 64.7 Å². The molecule has 2 atom stereocenters. The number of hydrogen-bond acceptors (Lipinski definition) is 9. The molecule has 0 unspecified atom stereocenters. The monoisotopic (exact) mass is 434 g/mol. The number of benzene rings is 2. The third-order valence-corrected chi connectivity index (χ3v) is 6.70. The highest BCUT2D eigenvalue weighted by Crippen LogP contribution is 2.31. The average Bonchev–Trinajstić information content (AvgIpc) is 3.33. The van der Waals surface area contributed by atoms with Gasteiger partial charge in [-0.25, -0.2) is 17.4 Å². The minimum absolute atomic E-state index is 0.0160. The molecule has 0 amide bonds. The largest absolute Gasteiger partial charge is 0.486 e. The number of rotatable bonds is 5. The van der Waals surface area contributed by atoms with E-state index in [9.17, 15) is 23.0 Å². The molecule has 2 heterocycles. The fourth-order valence-corrected chi connectivity index (χ4v) is 4.73. The van der Waals surface area contributed by atoms with Gasteiger partial charge in [0.15, 0.2) is 0 Å². The second-order valence-electron chi connectivity index (χ2n) is 6.83. The minimum Gasteiger partial charge on any atom is -0.486 e. The molecule has 1 aliphatic heterocycles. The maximum Gasteiger partial charge on any atom is 0.243 e. The van der Waals surface area contributed by atoms with Crippen LogP contribution in [0.2, 0.25) is 0 Å². The quantitative estimate of drug-likeness (QED) is 0.582. The summed E-state index contributed by atoms with van der Waals surface area (Å²) in [5.41, 5.74) is -1.48. The van der Waals surface area contributed by atoms with Crippen molar-refractivity contribution in [2.45, 2.75) is 16.6 Å². The van der Waals surface area contributed by atoms with Crippen molar-refractivity contribution in [2.75, 3.05) is 19.7 Å². The number of hydrogen-bond donors (Lipinski definition) is 2. The number of fused-ring (bicyclic) bond motifs is 1. The van der Waals surface area contributed by atoms with Gasteiger partial charge in [0.05, 0.1) is 23.6 Å². The number of aromatic nitrogens is 2. The highest BCUT2D eigenvalue weighted by atomic mass is 32.2. The molecule has 12 heteroatoms. The zero-order chi connectivity index (χ0) is 21.5. The molecule has 30 heavy (non-hydrogen) atoms. The lowest BCUT2D eigenvalue weighted by molar-refractivity contribution is -0.0641. The summed E-state index contributed by atoms with van der Waals surface area (Å²) in [4.78, 5) is -0.101. The first-order valence-corrected chi connectivity index (χ1v) is 10.1. The summed E-state index contributed by atoms with van der Waals surface area (Å²) in [5.74, 6) is -0.836. The van der Waals surface area contributed by atoms with E-state index in [1.165, 1.54) is 30.3 Å². The number of β-amino-alcohol motifs (C(OH)–C–C–N with tert-alkyl or cyclic N) is 1. The van der Waals surface area contributed by atoms with Crippen LogP contribution in [-0.2, 0) is 10.0 Å². The third kappa shape index (κ3) is 3.37. The second kappa shape index (κ2) is 7.29. The first-order chi connectivity index (χ1) is 14.3. The summed E-state index contributed by atoms with van der Waals surface area (Å²) < 4.78 is 51.0. The smallest absolute Gasteiger partial charge is 0.243 e. The summed E-state index contributed by atoms with van der Waals surface area (Å²) in [6.07, 6.45) is -1.18. The molecule has 10 nitrogen and oxygen atoms in total. The van der Waals surface area contributed by atoms with Crippen LogP contribution in [0.5, 0.6) is 5.75 Å². The van der Waals surface area contributed by atoms with Gasteiger partial charge in [0, 0.05) is 12.6 Å². The van der Waals surface area contributed by atoms with Crippen molar-refractivity contribution < 1.29 is 32.4 Å². The van der Waals surface area contributed by atoms with E-state index in [0.29, 0.717) is 5.52 Å². The molecule has 1 aromatic heterocycles. The maximum atomic E-state index is 13.8. The van der Waals surface area contributed by atoms with Crippen LogP contribution in [0.3, 0.4) is 0 Å². The van der Waals surface area contributed by atoms with Gasteiger partial charge in [-0.05, 0) is 40.6 Å². The molecule has 0 aliphatic carbocycles. The van der Waals surface area contributed by atoms with E-state index in [-0.39, 0.29) is 28.3 Å². The van der Waals surface area contributed by atoms with Gasteiger partial charge in [-0.2, -0.15) is 9.57 Å². The molecule has 1 fully saturated rings. The summed E-state index contributed by atoms with van der Waals surface area (Å²) in [6, 6.07) is 9.19. The predicted molar refractivity (Wildman–Crippen MR) is 98.1 cm³/mol.